The summed E-state index contributed by atoms with van der Waals surface area (Å²) in [7, 11) is 0. The lowest BCUT2D eigenvalue weighted by Gasteiger charge is -2.20. The zero-order chi connectivity index (χ0) is 20.5. The summed E-state index contributed by atoms with van der Waals surface area (Å²) >= 11 is 19.9. The molecular weight excluding hydrogens is 447 g/mol. The van der Waals surface area contributed by atoms with Crippen LogP contribution in [0.4, 0.5) is 5.13 Å². The lowest BCUT2D eigenvalue weighted by atomic mass is 10.1. The molecule has 0 aliphatic carbocycles. The van der Waals surface area contributed by atoms with Crippen LogP contribution in [0.5, 0.6) is 0 Å². The molecule has 146 valence electrons. The van der Waals surface area contributed by atoms with Gasteiger partial charge in [-0.25, -0.2) is 4.98 Å². The van der Waals surface area contributed by atoms with E-state index in [9.17, 15) is 4.79 Å². The molecule has 0 aliphatic rings. The average molecular weight is 462 g/mol. The van der Waals surface area contributed by atoms with Gasteiger partial charge in [0.05, 0.1) is 27.3 Å². The van der Waals surface area contributed by atoms with Crippen LogP contribution < -0.4 is 4.90 Å². The van der Waals surface area contributed by atoms with Crippen molar-refractivity contribution in [2.24, 2.45) is 0 Å². The van der Waals surface area contributed by atoms with E-state index in [1.54, 1.807) is 23.1 Å². The van der Waals surface area contributed by atoms with Gasteiger partial charge in [-0.15, -0.1) is 0 Å². The first-order valence-corrected chi connectivity index (χ1v) is 10.7. The standard InChI is InChI=1S/C22H15Cl3N2OS/c1-13-9-16(24)11-19-20(13)26-22(29-19)27(12-14-5-3-2-4-6-14)21(28)17-8-7-15(23)10-18(17)25/h2-11H,12H2,1H3. The Bertz CT molecular complexity index is 1210. The molecule has 0 N–H and O–H groups in total. The number of carbonyl (C=O) groups is 1. The molecule has 0 saturated heterocycles. The number of hydrogen-bond acceptors (Lipinski definition) is 3. The van der Waals surface area contributed by atoms with Crippen molar-refractivity contribution in [3.8, 4) is 0 Å². The van der Waals surface area contributed by atoms with Crippen LogP contribution in [0.1, 0.15) is 21.5 Å². The van der Waals surface area contributed by atoms with Crippen LogP contribution in [0.3, 0.4) is 0 Å². The number of thiazole rings is 1. The van der Waals surface area contributed by atoms with Crippen LogP contribution in [0.25, 0.3) is 10.2 Å². The third-order valence-corrected chi connectivity index (χ3v) is 6.25. The summed E-state index contributed by atoms with van der Waals surface area (Å²) in [5.41, 5.74) is 3.16. The molecule has 29 heavy (non-hydrogen) atoms. The molecule has 1 heterocycles. The smallest absolute Gasteiger partial charge is 0.261 e. The zero-order valence-electron chi connectivity index (χ0n) is 15.3. The van der Waals surface area contributed by atoms with Gasteiger partial charge in [0.25, 0.3) is 5.91 Å². The Labute approximate surface area is 187 Å². The molecular formula is C22H15Cl3N2OS. The molecule has 0 unspecified atom stereocenters. The molecule has 3 aromatic carbocycles. The van der Waals surface area contributed by atoms with Crippen LogP contribution in [0.2, 0.25) is 15.1 Å². The molecule has 4 aromatic rings. The van der Waals surface area contributed by atoms with Crippen molar-refractivity contribution in [1.82, 2.24) is 4.98 Å². The molecule has 0 fully saturated rings. The van der Waals surface area contributed by atoms with Gasteiger partial charge in [0.1, 0.15) is 0 Å². The first-order valence-electron chi connectivity index (χ1n) is 8.80. The van der Waals surface area contributed by atoms with Crippen LogP contribution >= 0.6 is 46.1 Å². The van der Waals surface area contributed by atoms with Gasteiger partial charge in [0, 0.05) is 10.0 Å². The van der Waals surface area contributed by atoms with E-state index < -0.39 is 0 Å². The highest BCUT2D eigenvalue weighted by molar-refractivity contribution is 7.22. The zero-order valence-corrected chi connectivity index (χ0v) is 18.4. The topological polar surface area (TPSA) is 33.2 Å². The van der Waals surface area contributed by atoms with Crippen LogP contribution in [0.15, 0.2) is 60.7 Å². The van der Waals surface area contributed by atoms with Crippen molar-refractivity contribution in [3.63, 3.8) is 0 Å². The maximum atomic E-state index is 13.4. The highest BCUT2D eigenvalue weighted by Crippen LogP contribution is 2.35. The molecule has 7 heteroatoms. The highest BCUT2D eigenvalue weighted by atomic mass is 35.5. The number of halogens is 3. The van der Waals surface area contributed by atoms with Gasteiger partial charge in [0.2, 0.25) is 0 Å². The van der Waals surface area contributed by atoms with Gasteiger partial charge in [-0.3, -0.25) is 9.69 Å². The van der Waals surface area contributed by atoms with Crippen LogP contribution in [0, 0.1) is 6.92 Å². The van der Waals surface area contributed by atoms with E-state index in [1.165, 1.54) is 11.3 Å². The maximum Gasteiger partial charge on any atom is 0.261 e. The van der Waals surface area contributed by atoms with Gasteiger partial charge in [-0.2, -0.15) is 0 Å². The van der Waals surface area contributed by atoms with E-state index in [2.05, 4.69) is 0 Å². The average Bonchev–Trinajstić information content (AvgIpc) is 3.10. The monoisotopic (exact) mass is 460 g/mol. The third kappa shape index (κ3) is 4.26. The molecule has 0 bridgehead atoms. The number of aromatic nitrogens is 1. The summed E-state index contributed by atoms with van der Waals surface area (Å²) in [4.78, 5) is 19.8. The molecule has 0 saturated carbocycles. The minimum atomic E-state index is -0.238. The van der Waals surface area contributed by atoms with Crippen molar-refractivity contribution in [3.05, 3.63) is 92.4 Å². The molecule has 0 spiro atoms. The number of amides is 1. The molecule has 0 aliphatic heterocycles. The number of anilines is 1. The predicted molar refractivity (Wildman–Crippen MR) is 123 cm³/mol. The lowest BCUT2D eigenvalue weighted by molar-refractivity contribution is 0.0985. The number of aryl methyl sites for hydroxylation is 1. The van der Waals surface area contributed by atoms with Gasteiger partial charge in [0.15, 0.2) is 5.13 Å². The highest BCUT2D eigenvalue weighted by Gasteiger charge is 2.24. The van der Waals surface area contributed by atoms with E-state index in [4.69, 9.17) is 39.8 Å². The Hall–Kier alpha value is -2.11. The van der Waals surface area contributed by atoms with E-state index in [1.807, 2.05) is 49.4 Å². The number of rotatable bonds is 4. The predicted octanol–water partition coefficient (Wildman–Crippen LogP) is 7.41. The fraction of sp³-hybridized carbons (Fsp3) is 0.0909. The first-order chi connectivity index (χ1) is 13.9. The summed E-state index contributed by atoms with van der Waals surface area (Å²) < 4.78 is 0.929. The molecule has 0 atom stereocenters. The van der Waals surface area contributed by atoms with Gasteiger partial charge in [-0.1, -0.05) is 76.5 Å². The minimum absolute atomic E-state index is 0.238. The molecule has 1 aromatic heterocycles. The van der Waals surface area contributed by atoms with Crippen LogP contribution in [-0.2, 0) is 6.54 Å². The van der Waals surface area contributed by atoms with E-state index in [0.717, 1.165) is 21.3 Å². The lowest BCUT2D eigenvalue weighted by Crippen LogP contribution is -2.30. The Kier molecular flexibility index (Phi) is 5.79. The Morgan fingerprint density at radius 2 is 1.76 bits per heavy atom. The number of benzene rings is 3. The molecule has 0 radical (unpaired) electrons. The first kappa shape index (κ1) is 20.2. The summed E-state index contributed by atoms with van der Waals surface area (Å²) in [6.45, 7) is 2.32. The largest absolute Gasteiger partial charge is 0.279 e. The number of hydrogen-bond donors (Lipinski definition) is 0. The second-order valence-electron chi connectivity index (χ2n) is 6.57. The number of nitrogens with zero attached hydrogens (tertiary/aromatic N) is 2. The Morgan fingerprint density at radius 1 is 1.00 bits per heavy atom. The summed E-state index contributed by atoms with van der Waals surface area (Å²) in [5.74, 6) is -0.238. The second-order valence-corrected chi connectivity index (χ2v) is 8.86. The Balaban J connectivity index is 1.82. The summed E-state index contributed by atoms with van der Waals surface area (Å²) in [6.07, 6.45) is 0. The quantitative estimate of drug-likeness (QED) is 0.317. The Morgan fingerprint density at radius 3 is 2.48 bits per heavy atom. The van der Waals surface area contributed by atoms with E-state index in [-0.39, 0.29) is 5.91 Å². The van der Waals surface area contributed by atoms with Gasteiger partial charge in [-0.05, 0) is 48.4 Å². The SMILES string of the molecule is Cc1cc(Cl)cc2sc(N(Cc3ccccc3)C(=O)c3ccc(Cl)cc3Cl)nc12. The molecule has 4 rings (SSSR count). The van der Waals surface area contributed by atoms with Crippen molar-refractivity contribution in [1.29, 1.82) is 0 Å². The fourth-order valence-corrected chi connectivity index (χ4v) is 4.97. The second kappa shape index (κ2) is 8.33. The van der Waals surface area contributed by atoms with Crippen LogP contribution in [-0.4, -0.2) is 10.9 Å². The number of fused-ring (bicyclic) bond motifs is 1. The fourth-order valence-electron chi connectivity index (χ4n) is 3.06. The minimum Gasteiger partial charge on any atom is -0.279 e. The number of carbonyl (C=O) groups excluding carboxylic acids is 1. The third-order valence-electron chi connectivity index (χ3n) is 4.46. The molecule has 3 nitrogen and oxygen atoms in total. The van der Waals surface area contributed by atoms with Crippen molar-refractivity contribution in [2.45, 2.75) is 13.5 Å². The maximum absolute atomic E-state index is 13.4. The van der Waals surface area contributed by atoms with Crippen molar-refractivity contribution >= 4 is 67.4 Å². The van der Waals surface area contributed by atoms with Crippen molar-refractivity contribution < 1.29 is 4.79 Å². The van der Waals surface area contributed by atoms with Gasteiger partial charge >= 0.3 is 0 Å². The van der Waals surface area contributed by atoms with Gasteiger partial charge < -0.3 is 0 Å². The normalized spacial score (nSPS) is 11.0. The van der Waals surface area contributed by atoms with E-state index >= 15 is 0 Å². The molecule has 1 amide bonds. The van der Waals surface area contributed by atoms with E-state index in [0.29, 0.717) is 32.3 Å². The summed E-state index contributed by atoms with van der Waals surface area (Å²) in [6, 6.07) is 18.4. The summed E-state index contributed by atoms with van der Waals surface area (Å²) in [5, 5.41) is 2.02. The van der Waals surface area contributed by atoms with Crippen molar-refractivity contribution in [2.75, 3.05) is 4.90 Å².